The fourth-order valence-corrected chi connectivity index (χ4v) is 1.70. The summed E-state index contributed by atoms with van der Waals surface area (Å²) in [7, 11) is 0. The van der Waals surface area contributed by atoms with Crippen LogP contribution in [0.2, 0.25) is 0 Å². The van der Waals surface area contributed by atoms with Crippen molar-refractivity contribution >= 4 is 6.16 Å². The fourth-order valence-electron chi connectivity index (χ4n) is 1.70. The summed E-state index contributed by atoms with van der Waals surface area (Å²) in [4.78, 5) is 11.6. The molecule has 0 bridgehead atoms. The quantitative estimate of drug-likeness (QED) is 0.480. The molecule has 3 nitrogen and oxygen atoms in total. The second kappa shape index (κ2) is 7.01. The van der Waals surface area contributed by atoms with Crippen LogP contribution in [0.5, 0.6) is 5.75 Å². The minimum Gasteiger partial charge on any atom is -0.421 e. The van der Waals surface area contributed by atoms with Crippen molar-refractivity contribution in [1.82, 2.24) is 0 Å². The van der Waals surface area contributed by atoms with Crippen molar-refractivity contribution in [3.63, 3.8) is 0 Å². The molecule has 0 amide bonds. The van der Waals surface area contributed by atoms with Crippen LogP contribution in [0.4, 0.5) is 4.79 Å². The van der Waals surface area contributed by atoms with Crippen molar-refractivity contribution in [1.29, 1.82) is 0 Å². The standard InChI is InChI=1S/C17H14O3/c1-2-3-13-19-17(18)20-16-12-8-7-11-15(16)14-9-5-4-6-10-14/h4-12H,13H2,1H3. The van der Waals surface area contributed by atoms with E-state index in [-0.39, 0.29) is 6.61 Å². The second-order valence-electron chi connectivity index (χ2n) is 3.93. The van der Waals surface area contributed by atoms with E-state index in [4.69, 9.17) is 9.47 Å². The molecular weight excluding hydrogens is 252 g/mol. The summed E-state index contributed by atoms with van der Waals surface area (Å²) in [5, 5.41) is 0. The lowest BCUT2D eigenvalue weighted by molar-refractivity contribution is 0.111. The van der Waals surface area contributed by atoms with Gasteiger partial charge in [-0.1, -0.05) is 54.5 Å². The molecular formula is C17H14O3. The lowest BCUT2D eigenvalue weighted by Crippen LogP contribution is -2.11. The summed E-state index contributed by atoms with van der Waals surface area (Å²) in [6.45, 7) is 1.71. The number of carbonyl (C=O) groups excluding carboxylic acids is 1. The van der Waals surface area contributed by atoms with Crippen LogP contribution in [0.15, 0.2) is 54.6 Å². The summed E-state index contributed by atoms with van der Waals surface area (Å²) in [5.74, 6) is 5.75. The van der Waals surface area contributed by atoms with E-state index in [2.05, 4.69) is 11.8 Å². The average Bonchev–Trinajstić information content (AvgIpc) is 2.49. The van der Waals surface area contributed by atoms with Crippen LogP contribution in [0, 0.1) is 11.8 Å². The van der Waals surface area contributed by atoms with E-state index in [9.17, 15) is 4.79 Å². The molecule has 3 heteroatoms. The number of hydrogen-bond donors (Lipinski definition) is 0. The van der Waals surface area contributed by atoms with Gasteiger partial charge in [0.05, 0.1) is 0 Å². The molecule has 0 spiro atoms. The van der Waals surface area contributed by atoms with Gasteiger partial charge in [0, 0.05) is 5.56 Å². The summed E-state index contributed by atoms with van der Waals surface area (Å²) in [6.07, 6.45) is -0.754. The number of rotatable bonds is 3. The predicted octanol–water partition coefficient (Wildman–Crippen LogP) is 3.89. The second-order valence-corrected chi connectivity index (χ2v) is 3.93. The maximum atomic E-state index is 11.6. The molecule has 0 unspecified atom stereocenters. The summed E-state index contributed by atoms with van der Waals surface area (Å²) < 4.78 is 10.1. The zero-order valence-corrected chi connectivity index (χ0v) is 11.1. The molecule has 0 saturated carbocycles. The molecule has 0 N–H and O–H groups in total. The summed E-state index contributed by atoms with van der Waals surface area (Å²) in [5.41, 5.74) is 1.82. The van der Waals surface area contributed by atoms with E-state index in [1.807, 2.05) is 42.5 Å². The molecule has 0 saturated heterocycles. The van der Waals surface area contributed by atoms with E-state index in [0.717, 1.165) is 11.1 Å². The molecule has 0 heterocycles. The normalized spacial score (nSPS) is 9.25. The maximum absolute atomic E-state index is 11.6. The minimum absolute atomic E-state index is 0.0306. The predicted molar refractivity (Wildman–Crippen MR) is 77.3 cm³/mol. The van der Waals surface area contributed by atoms with Crippen LogP contribution in [0.1, 0.15) is 6.92 Å². The van der Waals surface area contributed by atoms with Crippen LogP contribution in [-0.4, -0.2) is 12.8 Å². The van der Waals surface area contributed by atoms with Gasteiger partial charge >= 0.3 is 6.16 Å². The number of benzene rings is 2. The zero-order valence-electron chi connectivity index (χ0n) is 11.1. The number of ether oxygens (including phenoxy) is 2. The van der Waals surface area contributed by atoms with Crippen molar-refractivity contribution in [2.75, 3.05) is 6.61 Å². The van der Waals surface area contributed by atoms with E-state index in [1.54, 1.807) is 19.1 Å². The first-order chi connectivity index (χ1) is 9.81. The van der Waals surface area contributed by atoms with Crippen LogP contribution in [0.25, 0.3) is 11.1 Å². The van der Waals surface area contributed by atoms with Gasteiger partial charge in [0.2, 0.25) is 0 Å². The Morgan fingerprint density at radius 2 is 1.75 bits per heavy atom. The van der Waals surface area contributed by atoms with E-state index in [0.29, 0.717) is 5.75 Å². The van der Waals surface area contributed by atoms with Gasteiger partial charge in [-0.2, -0.15) is 0 Å². The van der Waals surface area contributed by atoms with Crippen LogP contribution in [-0.2, 0) is 4.74 Å². The Labute approximate surface area is 118 Å². The van der Waals surface area contributed by atoms with Crippen LogP contribution >= 0.6 is 0 Å². The highest BCUT2D eigenvalue weighted by Crippen LogP contribution is 2.29. The van der Waals surface area contributed by atoms with Crippen LogP contribution < -0.4 is 4.74 Å². The SMILES string of the molecule is CC#CCOC(=O)Oc1ccccc1-c1ccccc1. The van der Waals surface area contributed by atoms with E-state index in [1.165, 1.54) is 0 Å². The van der Waals surface area contributed by atoms with Crippen LogP contribution in [0.3, 0.4) is 0 Å². The number of para-hydroxylation sites is 1. The van der Waals surface area contributed by atoms with Crippen molar-refractivity contribution < 1.29 is 14.3 Å². The van der Waals surface area contributed by atoms with Gasteiger partial charge in [-0.15, -0.1) is 5.92 Å². The number of carbonyl (C=O) groups is 1. The van der Waals surface area contributed by atoms with Gasteiger partial charge < -0.3 is 9.47 Å². The van der Waals surface area contributed by atoms with Gasteiger partial charge in [-0.25, -0.2) is 4.79 Å². The number of hydrogen-bond acceptors (Lipinski definition) is 3. The van der Waals surface area contributed by atoms with E-state index >= 15 is 0 Å². The van der Waals surface area contributed by atoms with Gasteiger partial charge in [-0.3, -0.25) is 0 Å². The molecule has 2 aromatic carbocycles. The Morgan fingerprint density at radius 3 is 2.50 bits per heavy atom. The third kappa shape index (κ3) is 3.63. The molecule has 100 valence electrons. The first-order valence-corrected chi connectivity index (χ1v) is 6.20. The molecule has 20 heavy (non-hydrogen) atoms. The molecule has 0 aliphatic heterocycles. The first kappa shape index (κ1) is 13.7. The Balaban J connectivity index is 2.16. The molecule has 0 fully saturated rings. The van der Waals surface area contributed by atoms with E-state index < -0.39 is 6.16 Å². The van der Waals surface area contributed by atoms with Gasteiger partial charge in [0.1, 0.15) is 5.75 Å². The Hall–Kier alpha value is -2.73. The fraction of sp³-hybridized carbons (Fsp3) is 0.118. The molecule has 0 aromatic heterocycles. The lowest BCUT2D eigenvalue weighted by atomic mass is 10.1. The highest BCUT2D eigenvalue weighted by Gasteiger charge is 2.10. The lowest BCUT2D eigenvalue weighted by Gasteiger charge is -2.09. The third-order valence-corrected chi connectivity index (χ3v) is 2.60. The molecule has 0 aliphatic rings. The molecule has 0 aliphatic carbocycles. The smallest absolute Gasteiger partial charge is 0.421 e. The zero-order chi connectivity index (χ0) is 14.2. The largest absolute Gasteiger partial charge is 0.514 e. The van der Waals surface area contributed by atoms with Crippen molar-refractivity contribution in [3.05, 3.63) is 54.6 Å². The Morgan fingerprint density at radius 1 is 1.05 bits per heavy atom. The topological polar surface area (TPSA) is 35.5 Å². The highest BCUT2D eigenvalue weighted by molar-refractivity contribution is 5.74. The Kier molecular flexibility index (Phi) is 4.80. The summed E-state index contributed by atoms with van der Waals surface area (Å²) in [6, 6.07) is 17.0. The monoisotopic (exact) mass is 266 g/mol. The molecule has 2 aromatic rings. The highest BCUT2D eigenvalue weighted by atomic mass is 16.7. The van der Waals surface area contributed by atoms with Crippen molar-refractivity contribution in [2.24, 2.45) is 0 Å². The maximum Gasteiger partial charge on any atom is 0.514 e. The Bertz CT molecular complexity index is 636. The third-order valence-electron chi connectivity index (χ3n) is 2.60. The minimum atomic E-state index is -0.754. The molecule has 0 atom stereocenters. The summed E-state index contributed by atoms with van der Waals surface area (Å²) >= 11 is 0. The first-order valence-electron chi connectivity index (χ1n) is 6.20. The van der Waals surface area contributed by atoms with Crippen molar-refractivity contribution in [2.45, 2.75) is 6.92 Å². The van der Waals surface area contributed by atoms with Gasteiger partial charge in [-0.05, 0) is 18.6 Å². The average molecular weight is 266 g/mol. The van der Waals surface area contributed by atoms with Crippen molar-refractivity contribution in [3.8, 4) is 28.7 Å². The molecule has 2 rings (SSSR count). The van der Waals surface area contributed by atoms with Gasteiger partial charge in [0.15, 0.2) is 6.61 Å². The molecule has 0 radical (unpaired) electrons. The van der Waals surface area contributed by atoms with Gasteiger partial charge in [0.25, 0.3) is 0 Å².